The number of piperidine rings is 1. The summed E-state index contributed by atoms with van der Waals surface area (Å²) in [6.07, 6.45) is 6.08. The van der Waals surface area contributed by atoms with Gasteiger partial charge in [0.25, 0.3) is 11.8 Å². The van der Waals surface area contributed by atoms with Crippen molar-refractivity contribution in [3.05, 3.63) is 28.8 Å². The first-order chi connectivity index (χ1) is 14.9. The summed E-state index contributed by atoms with van der Waals surface area (Å²) in [7, 11) is 0. The van der Waals surface area contributed by atoms with E-state index >= 15 is 0 Å². The van der Waals surface area contributed by atoms with Crippen molar-refractivity contribution in [1.29, 1.82) is 0 Å². The summed E-state index contributed by atoms with van der Waals surface area (Å²) in [5.41, 5.74) is -0.0498. The van der Waals surface area contributed by atoms with Crippen LogP contribution in [-0.2, 0) is 9.59 Å². The number of nitrogens with zero attached hydrogens (tertiary/aromatic N) is 2. The summed E-state index contributed by atoms with van der Waals surface area (Å²) in [6.45, 7) is 1.39. The predicted molar refractivity (Wildman–Crippen MR) is 116 cm³/mol. The quantitative estimate of drug-likeness (QED) is 0.678. The lowest BCUT2D eigenvalue weighted by Crippen LogP contribution is -2.44. The number of anilines is 1. The van der Waals surface area contributed by atoms with E-state index in [1.807, 2.05) is 0 Å². The van der Waals surface area contributed by atoms with Crippen molar-refractivity contribution < 1.29 is 19.2 Å². The van der Waals surface area contributed by atoms with Crippen molar-refractivity contribution in [1.82, 2.24) is 15.1 Å². The zero-order valence-corrected chi connectivity index (χ0v) is 18.2. The smallest absolute Gasteiger partial charge is 0.325 e. The number of nitrogens with one attached hydrogen (secondary N) is 2. The molecule has 1 aliphatic carbocycles. The van der Waals surface area contributed by atoms with Gasteiger partial charge in [-0.3, -0.25) is 19.3 Å². The van der Waals surface area contributed by atoms with Crippen LogP contribution in [0.2, 0.25) is 5.02 Å². The minimum absolute atomic E-state index is 0.00573. The Bertz CT molecular complexity index is 907. The Kier molecular flexibility index (Phi) is 6.18. The van der Waals surface area contributed by atoms with Gasteiger partial charge < -0.3 is 15.5 Å². The van der Waals surface area contributed by atoms with Crippen molar-refractivity contribution >= 4 is 41.0 Å². The normalized spacial score (nSPS) is 20.3. The molecule has 2 aliphatic heterocycles. The van der Waals surface area contributed by atoms with Crippen LogP contribution in [0.1, 0.15) is 61.7 Å². The maximum absolute atomic E-state index is 12.9. The number of imide groups is 1. The molecule has 0 unspecified atom stereocenters. The summed E-state index contributed by atoms with van der Waals surface area (Å²) < 4.78 is 0. The third-order valence-corrected chi connectivity index (χ3v) is 6.63. The van der Waals surface area contributed by atoms with Crippen molar-refractivity contribution in [3.8, 4) is 0 Å². The lowest BCUT2D eigenvalue weighted by atomic mass is 9.98. The monoisotopic (exact) mass is 446 g/mol. The van der Waals surface area contributed by atoms with Crippen molar-refractivity contribution in [2.75, 3.05) is 25.0 Å². The number of hydrogen-bond acceptors (Lipinski definition) is 4. The number of rotatable bonds is 5. The van der Waals surface area contributed by atoms with E-state index in [1.54, 1.807) is 23.1 Å². The molecule has 0 bridgehead atoms. The number of benzene rings is 1. The first-order valence-corrected chi connectivity index (χ1v) is 11.3. The second kappa shape index (κ2) is 8.86. The van der Waals surface area contributed by atoms with Crippen LogP contribution < -0.4 is 10.6 Å². The Morgan fingerprint density at radius 2 is 1.77 bits per heavy atom. The Balaban J connectivity index is 1.40. The highest BCUT2D eigenvalue weighted by molar-refractivity contribution is 6.31. The lowest BCUT2D eigenvalue weighted by Gasteiger charge is -2.27. The number of carbonyl (C=O) groups is 4. The van der Waals surface area contributed by atoms with E-state index in [9.17, 15) is 19.2 Å². The molecule has 4 rings (SSSR count). The van der Waals surface area contributed by atoms with Crippen molar-refractivity contribution in [2.24, 2.45) is 0 Å². The van der Waals surface area contributed by atoms with Gasteiger partial charge in [-0.25, -0.2) is 4.79 Å². The average molecular weight is 447 g/mol. The molecule has 1 saturated carbocycles. The van der Waals surface area contributed by atoms with E-state index in [2.05, 4.69) is 10.6 Å². The fourth-order valence-corrected chi connectivity index (χ4v) is 4.87. The highest BCUT2D eigenvalue weighted by atomic mass is 35.5. The van der Waals surface area contributed by atoms with Crippen LogP contribution in [-0.4, -0.2) is 58.7 Å². The summed E-state index contributed by atoms with van der Waals surface area (Å²) in [5.74, 6) is -0.765. The zero-order valence-electron chi connectivity index (χ0n) is 17.4. The molecule has 5 amide bonds. The van der Waals surface area contributed by atoms with E-state index in [4.69, 9.17) is 11.6 Å². The summed E-state index contributed by atoms with van der Waals surface area (Å²) >= 11 is 6.10. The number of likely N-dealkylation sites (tertiary alicyclic amines) is 1. The Morgan fingerprint density at radius 3 is 2.48 bits per heavy atom. The van der Waals surface area contributed by atoms with Crippen LogP contribution in [0.4, 0.5) is 10.5 Å². The van der Waals surface area contributed by atoms with E-state index in [0.717, 1.165) is 37.0 Å². The Morgan fingerprint density at radius 1 is 1.06 bits per heavy atom. The molecule has 2 N–H and O–H groups in total. The van der Waals surface area contributed by atoms with E-state index in [-0.39, 0.29) is 30.7 Å². The molecule has 2 saturated heterocycles. The standard InChI is InChI=1S/C22H27ClN4O4/c23-15-6-7-16(19(29)26-11-4-1-5-12-26)17(14-15)24-18(28)8-13-27-20(30)22(25-21(27)31)9-2-3-10-22/h6-7,14H,1-5,8-13H2,(H,24,28)(H,25,31). The second-order valence-electron chi connectivity index (χ2n) is 8.52. The van der Waals surface area contributed by atoms with Gasteiger partial charge in [-0.15, -0.1) is 0 Å². The average Bonchev–Trinajstić information content (AvgIpc) is 3.32. The molecule has 9 heteroatoms. The van der Waals surface area contributed by atoms with E-state index < -0.39 is 11.6 Å². The van der Waals surface area contributed by atoms with Gasteiger partial charge in [-0.2, -0.15) is 0 Å². The first kappa shape index (κ1) is 21.6. The summed E-state index contributed by atoms with van der Waals surface area (Å²) in [6, 6.07) is 4.36. The van der Waals surface area contributed by atoms with Crippen LogP contribution in [0.25, 0.3) is 0 Å². The first-order valence-electron chi connectivity index (χ1n) is 10.9. The largest absolute Gasteiger partial charge is 0.339 e. The van der Waals surface area contributed by atoms with Crippen LogP contribution >= 0.6 is 11.6 Å². The Hall–Kier alpha value is -2.61. The zero-order chi connectivity index (χ0) is 22.0. The minimum atomic E-state index is -0.783. The maximum Gasteiger partial charge on any atom is 0.325 e. The number of halogens is 1. The molecule has 3 aliphatic rings. The molecule has 0 aromatic heterocycles. The number of amides is 5. The molecular weight excluding hydrogens is 420 g/mol. The molecule has 1 spiro atoms. The molecule has 166 valence electrons. The molecule has 1 aromatic rings. The lowest BCUT2D eigenvalue weighted by molar-refractivity contribution is -0.131. The van der Waals surface area contributed by atoms with Crippen LogP contribution in [0.3, 0.4) is 0 Å². The van der Waals surface area contributed by atoms with Gasteiger partial charge in [0, 0.05) is 31.1 Å². The second-order valence-corrected chi connectivity index (χ2v) is 8.95. The molecular formula is C22H27ClN4O4. The van der Waals surface area contributed by atoms with Crippen LogP contribution in [0.5, 0.6) is 0 Å². The summed E-state index contributed by atoms with van der Waals surface area (Å²) in [5, 5.41) is 5.96. The highest BCUT2D eigenvalue weighted by Gasteiger charge is 2.52. The molecule has 1 aromatic carbocycles. The van der Waals surface area contributed by atoms with Gasteiger partial charge in [-0.1, -0.05) is 24.4 Å². The SMILES string of the molecule is O=C(CCN1C(=O)NC2(CCCC2)C1=O)Nc1cc(Cl)ccc1C(=O)N1CCCCC1. The number of carbonyl (C=O) groups excluding carboxylic acids is 4. The molecule has 3 fully saturated rings. The van der Waals surface area contributed by atoms with Crippen molar-refractivity contribution in [2.45, 2.75) is 56.9 Å². The number of urea groups is 1. The highest BCUT2D eigenvalue weighted by Crippen LogP contribution is 2.35. The van der Waals surface area contributed by atoms with Gasteiger partial charge in [0.1, 0.15) is 5.54 Å². The Labute approximate surface area is 186 Å². The van der Waals surface area contributed by atoms with Crippen LogP contribution in [0, 0.1) is 0 Å². The van der Waals surface area contributed by atoms with Gasteiger partial charge in [0.05, 0.1) is 11.3 Å². The third kappa shape index (κ3) is 4.39. The van der Waals surface area contributed by atoms with E-state index in [1.165, 1.54) is 0 Å². The third-order valence-electron chi connectivity index (χ3n) is 6.39. The minimum Gasteiger partial charge on any atom is -0.339 e. The van der Waals surface area contributed by atoms with Crippen molar-refractivity contribution in [3.63, 3.8) is 0 Å². The molecule has 0 atom stereocenters. The van der Waals surface area contributed by atoms with Gasteiger partial charge in [0.15, 0.2) is 0 Å². The van der Waals surface area contributed by atoms with E-state index in [0.29, 0.717) is 42.2 Å². The number of hydrogen-bond donors (Lipinski definition) is 2. The molecule has 8 nitrogen and oxygen atoms in total. The predicted octanol–water partition coefficient (Wildman–Crippen LogP) is 3.16. The van der Waals surface area contributed by atoms with Gasteiger partial charge in [0.2, 0.25) is 5.91 Å². The summed E-state index contributed by atoms with van der Waals surface area (Å²) in [4.78, 5) is 53.5. The topological polar surface area (TPSA) is 98.8 Å². The maximum atomic E-state index is 12.9. The van der Waals surface area contributed by atoms with Gasteiger partial charge >= 0.3 is 6.03 Å². The van der Waals surface area contributed by atoms with Crippen LogP contribution in [0.15, 0.2) is 18.2 Å². The molecule has 2 heterocycles. The fourth-order valence-electron chi connectivity index (χ4n) is 4.70. The molecule has 0 radical (unpaired) electrons. The fraction of sp³-hybridized carbons (Fsp3) is 0.545. The van der Waals surface area contributed by atoms with Gasteiger partial charge in [-0.05, 0) is 50.3 Å². The molecule has 31 heavy (non-hydrogen) atoms.